The number of carbonyl (C=O) groups is 1. The van der Waals surface area contributed by atoms with Crippen molar-refractivity contribution in [1.82, 2.24) is 0 Å². The van der Waals surface area contributed by atoms with Crippen LogP contribution in [0, 0.1) is 5.92 Å². The minimum atomic E-state index is -1.98. The van der Waals surface area contributed by atoms with Gasteiger partial charge >= 0.3 is 5.97 Å². The summed E-state index contributed by atoms with van der Waals surface area (Å²) in [6, 6.07) is 0. The highest BCUT2D eigenvalue weighted by Gasteiger charge is 2.40. The van der Waals surface area contributed by atoms with Crippen LogP contribution in [-0.2, 0) is 19.0 Å². The molecule has 0 aliphatic carbocycles. The standard InChI is InChI=1S/C16H34O4Si/c1-9-11-12-14(13(3)15(17)18-10-2)19-20-21(7,8)16(4,5)6/h13-14H,9-12H2,1-8H3/t13-,14-/m1/s1. The Hall–Kier alpha value is -0.393. The molecule has 0 bridgehead atoms. The Morgan fingerprint density at radius 2 is 1.76 bits per heavy atom. The summed E-state index contributed by atoms with van der Waals surface area (Å²) < 4.78 is 10.9. The molecule has 0 saturated carbocycles. The second kappa shape index (κ2) is 8.91. The molecule has 0 aromatic carbocycles. The zero-order valence-corrected chi connectivity index (χ0v) is 16.1. The molecule has 0 amide bonds. The lowest BCUT2D eigenvalue weighted by Crippen LogP contribution is -2.43. The van der Waals surface area contributed by atoms with Crippen LogP contribution in [0.15, 0.2) is 0 Å². The molecule has 21 heavy (non-hydrogen) atoms. The van der Waals surface area contributed by atoms with Gasteiger partial charge in [-0.15, -0.1) is 0 Å². The Kier molecular flexibility index (Phi) is 8.74. The van der Waals surface area contributed by atoms with Crippen LogP contribution in [0.4, 0.5) is 0 Å². The first kappa shape index (κ1) is 20.6. The molecule has 0 radical (unpaired) electrons. The van der Waals surface area contributed by atoms with Crippen LogP contribution < -0.4 is 0 Å². The molecule has 5 heteroatoms. The molecule has 0 fully saturated rings. The van der Waals surface area contributed by atoms with E-state index < -0.39 is 8.32 Å². The summed E-state index contributed by atoms with van der Waals surface area (Å²) in [5.41, 5.74) is 0. The molecular weight excluding hydrogens is 284 g/mol. The number of rotatable bonds is 9. The Morgan fingerprint density at radius 3 is 2.19 bits per heavy atom. The van der Waals surface area contributed by atoms with Crippen LogP contribution in [0.1, 0.15) is 60.8 Å². The minimum absolute atomic E-state index is 0.0788. The maximum atomic E-state index is 11.9. The largest absolute Gasteiger partial charge is 0.466 e. The Balaban J connectivity index is 4.74. The average Bonchev–Trinajstić information content (AvgIpc) is 2.37. The van der Waals surface area contributed by atoms with Gasteiger partial charge in [-0.25, -0.2) is 4.89 Å². The van der Waals surface area contributed by atoms with E-state index >= 15 is 0 Å². The minimum Gasteiger partial charge on any atom is -0.466 e. The maximum absolute atomic E-state index is 11.9. The SMILES string of the molecule is CCCC[C@@H](OO[Si](C)(C)C(C)(C)C)[C@@H](C)C(=O)OCC. The maximum Gasteiger partial charge on any atom is 0.311 e. The third kappa shape index (κ3) is 6.93. The topological polar surface area (TPSA) is 44.8 Å². The molecule has 0 aliphatic heterocycles. The number of esters is 1. The second-order valence-electron chi connectivity index (χ2n) is 7.16. The summed E-state index contributed by atoms with van der Waals surface area (Å²) >= 11 is 0. The van der Waals surface area contributed by atoms with Gasteiger partial charge in [0.05, 0.1) is 12.5 Å². The number of hydrogen-bond donors (Lipinski definition) is 0. The van der Waals surface area contributed by atoms with Crippen molar-refractivity contribution in [1.29, 1.82) is 0 Å². The molecule has 126 valence electrons. The lowest BCUT2D eigenvalue weighted by Gasteiger charge is -2.36. The third-order valence-corrected chi connectivity index (χ3v) is 8.37. The van der Waals surface area contributed by atoms with Gasteiger partial charge in [-0.2, -0.15) is 0 Å². The molecular formula is C16H34O4Si. The number of unbranched alkanes of at least 4 members (excludes halogenated alkanes) is 1. The monoisotopic (exact) mass is 318 g/mol. The van der Waals surface area contributed by atoms with Crippen molar-refractivity contribution in [3.8, 4) is 0 Å². The summed E-state index contributed by atoms with van der Waals surface area (Å²) in [5, 5.41) is 0.0788. The van der Waals surface area contributed by atoms with E-state index in [-0.39, 0.29) is 23.0 Å². The molecule has 0 N–H and O–H groups in total. The lowest BCUT2D eigenvalue weighted by molar-refractivity contribution is -0.271. The Labute approximate surface area is 131 Å². The van der Waals surface area contributed by atoms with Crippen molar-refractivity contribution >= 4 is 14.3 Å². The average molecular weight is 319 g/mol. The van der Waals surface area contributed by atoms with Gasteiger partial charge in [0.1, 0.15) is 6.10 Å². The number of carbonyl (C=O) groups excluding carboxylic acids is 1. The first-order valence-electron chi connectivity index (χ1n) is 8.08. The van der Waals surface area contributed by atoms with Crippen molar-refractivity contribution in [2.24, 2.45) is 5.92 Å². The van der Waals surface area contributed by atoms with Gasteiger partial charge in [-0.1, -0.05) is 40.5 Å². The number of ether oxygens (including phenoxy) is 1. The van der Waals surface area contributed by atoms with Crippen molar-refractivity contribution in [2.75, 3.05) is 6.61 Å². The first-order valence-corrected chi connectivity index (χ1v) is 11.0. The molecule has 0 aromatic rings. The molecule has 4 nitrogen and oxygen atoms in total. The van der Waals surface area contributed by atoms with E-state index in [2.05, 4.69) is 40.8 Å². The van der Waals surface area contributed by atoms with E-state index in [0.29, 0.717) is 6.61 Å². The van der Waals surface area contributed by atoms with E-state index in [1.807, 2.05) is 13.8 Å². The van der Waals surface area contributed by atoms with Gasteiger partial charge in [-0.3, -0.25) is 9.37 Å². The fourth-order valence-electron chi connectivity index (χ4n) is 1.52. The smallest absolute Gasteiger partial charge is 0.311 e. The van der Waals surface area contributed by atoms with Crippen LogP contribution in [0.3, 0.4) is 0 Å². The summed E-state index contributed by atoms with van der Waals surface area (Å²) in [6.45, 7) is 17.0. The van der Waals surface area contributed by atoms with Crippen molar-refractivity contribution in [3.63, 3.8) is 0 Å². The summed E-state index contributed by atoms with van der Waals surface area (Å²) in [6.07, 6.45) is 2.65. The van der Waals surface area contributed by atoms with Crippen molar-refractivity contribution in [2.45, 2.75) is 85.0 Å². The lowest BCUT2D eigenvalue weighted by atomic mass is 10.00. The van der Waals surface area contributed by atoms with Crippen LogP contribution >= 0.6 is 0 Å². The molecule has 0 unspecified atom stereocenters. The van der Waals surface area contributed by atoms with E-state index in [1.54, 1.807) is 0 Å². The summed E-state index contributed by atoms with van der Waals surface area (Å²) in [5.74, 6) is -0.515. The zero-order chi connectivity index (χ0) is 16.7. The number of hydrogen-bond acceptors (Lipinski definition) is 4. The van der Waals surface area contributed by atoms with Crippen LogP contribution in [0.25, 0.3) is 0 Å². The molecule has 0 saturated heterocycles. The third-order valence-electron chi connectivity index (χ3n) is 4.24. The van der Waals surface area contributed by atoms with Gasteiger partial charge in [0.2, 0.25) is 8.32 Å². The van der Waals surface area contributed by atoms with E-state index in [4.69, 9.17) is 14.2 Å². The Morgan fingerprint density at radius 1 is 1.19 bits per heavy atom. The summed E-state index contributed by atoms with van der Waals surface area (Å²) in [4.78, 5) is 17.6. The van der Waals surface area contributed by atoms with Gasteiger partial charge in [0.25, 0.3) is 0 Å². The highest BCUT2D eigenvalue weighted by Crippen LogP contribution is 2.37. The second-order valence-corrected chi connectivity index (χ2v) is 11.8. The first-order chi connectivity index (χ1) is 9.56. The van der Waals surface area contributed by atoms with Gasteiger partial charge < -0.3 is 4.74 Å². The fourth-order valence-corrected chi connectivity index (χ4v) is 2.13. The van der Waals surface area contributed by atoms with Gasteiger partial charge in [-0.05, 0) is 38.4 Å². The van der Waals surface area contributed by atoms with E-state index in [0.717, 1.165) is 19.3 Å². The van der Waals surface area contributed by atoms with Crippen LogP contribution in [0.5, 0.6) is 0 Å². The highest BCUT2D eigenvalue weighted by molar-refractivity contribution is 6.73. The molecule has 0 spiro atoms. The van der Waals surface area contributed by atoms with Gasteiger partial charge in [0, 0.05) is 0 Å². The highest BCUT2D eigenvalue weighted by atomic mass is 28.4. The zero-order valence-electron chi connectivity index (χ0n) is 15.1. The fraction of sp³-hybridized carbons (Fsp3) is 0.938. The predicted molar refractivity (Wildman–Crippen MR) is 88.5 cm³/mol. The molecule has 0 aliphatic rings. The van der Waals surface area contributed by atoms with E-state index in [1.165, 1.54) is 0 Å². The quantitative estimate of drug-likeness (QED) is 0.267. The van der Waals surface area contributed by atoms with E-state index in [9.17, 15) is 4.79 Å². The van der Waals surface area contributed by atoms with Crippen LogP contribution in [0.2, 0.25) is 18.1 Å². The predicted octanol–water partition coefficient (Wildman–Crippen LogP) is 4.70. The normalized spacial score (nSPS) is 15.6. The summed E-state index contributed by atoms with van der Waals surface area (Å²) in [7, 11) is -1.98. The molecule has 0 rings (SSSR count). The molecule has 2 atom stereocenters. The van der Waals surface area contributed by atoms with Crippen molar-refractivity contribution in [3.05, 3.63) is 0 Å². The Bertz CT molecular complexity index is 310. The molecule has 0 aromatic heterocycles. The molecule has 0 heterocycles. The van der Waals surface area contributed by atoms with Gasteiger partial charge in [0.15, 0.2) is 0 Å². The van der Waals surface area contributed by atoms with Crippen molar-refractivity contribution < 1.29 is 19.0 Å². The van der Waals surface area contributed by atoms with Crippen LogP contribution in [-0.4, -0.2) is 27.0 Å².